The fraction of sp³-hybridized carbons (Fsp3) is 0.235. The highest BCUT2D eigenvalue weighted by Gasteiger charge is 2.14. The van der Waals surface area contributed by atoms with E-state index in [-0.39, 0.29) is 24.5 Å². The maximum atomic E-state index is 12.4. The molecule has 0 aliphatic heterocycles. The van der Waals surface area contributed by atoms with Crippen LogP contribution < -0.4 is 10.6 Å². The molecule has 2 aromatic rings. The van der Waals surface area contributed by atoms with Crippen LogP contribution >= 0.6 is 11.6 Å². The number of aromatic nitrogens is 1. The van der Waals surface area contributed by atoms with Crippen molar-refractivity contribution in [1.29, 1.82) is 0 Å². The normalized spacial score (nSPS) is 10.5. The van der Waals surface area contributed by atoms with Gasteiger partial charge in [0, 0.05) is 6.20 Å². The minimum atomic E-state index is -0.384. The second kappa shape index (κ2) is 8.42. The molecule has 2 rings (SSSR count). The topological polar surface area (TPSA) is 80.3 Å². The molecule has 0 saturated heterocycles. The fourth-order valence-electron chi connectivity index (χ4n) is 1.85. The number of nitrogens with zero attached hydrogens (tertiary/aromatic N) is 1. The van der Waals surface area contributed by atoms with Gasteiger partial charge in [-0.1, -0.05) is 23.7 Å². The molecule has 2 N–H and O–H groups in total. The molecule has 0 spiro atoms. The Morgan fingerprint density at radius 1 is 1.17 bits per heavy atom. The highest BCUT2D eigenvalue weighted by Crippen LogP contribution is 2.17. The minimum absolute atomic E-state index is 0.0507. The number of nitrogens with one attached hydrogen (secondary N) is 2. The van der Waals surface area contributed by atoms with E-state index >= 15 is 0 Å². The first-order chi connectivity index (χ1) is 11.5. The molecular weight excluding hydrogens is 330 g/mol. The van der Waals surface area contributed by atoms with Crippen molar-refractivity contribution in [2.75, 3.05) is 17.2 Å². The third kappa shape index (κ3) is 5.33. The summed E-state index contributed by atoms with van der Waals surface area (Å²) in [5.74, 6) is -0.340. The molecule has 0 radical (unpaired) electrons. The summed E-state index contributed by atoms with van der Waals surface area (Å²) in [6.45, 7) is 3.61. The van der Waals surface area contributed by atoms with Crippen molar-refractivity contribution < 1.29 is 14.3 Å². The Morgan fingerprint density at radius 3 is 2.58 bits per heavy atom. The Bertz CT molecular complexity index is 717. The highest BCUT2D eigenvalue weighted by molar-refractivity contribution is 6.30. The van der Waals surface area contributed by atoms with Gasteiger partial charge in [0.15, 0.2) is 0 Å². The summed E-state index contributed by atoms with van der Waals surface area (Å²) in [7, 11) is 0. The zero-order chi connectivity index (χ0) is 17.5. The van der Waals surface area contributed by atoms with Gasteiger partial charge >= 0.3 is 0 Å². The number of carbonyl (C=O) groups excluding carboxylic acids is 2. The average Bonchev–Trinajstić information content (AvgIpc) is 2.55. The summed E-state index contributed by atoms with van der Waals surface area (Å²) in [6, 6.07) is 9.93. The number of pyridine rings is 1. The van der Waals surface area contributed by atoms with Crippen LogP contribution in [0.15, 0.2) is 42.6 Å². The monoisotopic (exact) mass is 347 g/mol. The standard InChI is InChI=1S/C17H18ClN3O3/c1-11(2)24-10-16(22)20-14-6-4-3-5-13(14)17(23)21-15-8-7-12(18)9-19-15/h3-9,11H,10H2,1-2H3,(H,20,22)(H,19,21,23). The van der Waals surface area contributed by atoms with Gasteiger partial charge in [-0.05, 0) is 38.1 Å². The number of benzene rings is 1. The molecule has 24 heavy (non-hydrogen) atoms. The van der Waals surface area contributed by atoms with E-state index in [0.717, 1.165) is 0 Å². The van der Waals surface area contributed by atoms with Crippen LogP contribution in [0.1, 0.15) is 24.2 Å². The van der Waals surface area contributed by atoms with E-state index in [1.807, 2.05) is 13.8 Å². The van der Waals surface area contributed by atoms with Gasteiger partial charge in [0.25, 0.3) is 5.91 Å². The first kappa shape index (κ1) is 17.9. The van der Waals surface area contributed by atoms with Gasteiger partial charge < -0.3 is 15.4 Å². The number of rotatable bonds is 6. The van der Waals surface area contributed by atoms with Crippen LogP contribution in [0.3, 0.4) is 0 Å². The Hall–Kier alpha value is -2.44. The number of para-hydroxylation sites is 1. The van der Waals surface area contributed by atoms with Gasteiger partial charge in [-0.15, -0.1) is 0 Å². The molecule has 0 atom stereocenters. The van der Waals surface area contributed by atoms with Gasteiger partial charge in [-0.2, -0.15) is 0 Å². The number of anilines is 2. The van der Waals surface area contributed by atoms with Gasteiger partial charge in [-0.25, -0.2) is 4.98 Å². The van der Waals surface area contributed by atoms with Crippen LogP contribution in [-0.2, 0) is 9.53 Å². The molecule has 1 aromatic carbocycles. The third-order valence-corrected chi connectivity index (χ3v) is 3.19. The van der Waals surface area contributed by atoms with E-state index in [1.54, 1.807) is 36.4 Å². The van der Waals surface area contributed by atoms with E-state index in [2.05, 4.69) is 15.6 Å². The maximum Gasteiger partial charge on any atom is 0.258 e. The predicted molar refractivity (Wildman–Crippen MR) is 93.4 cm³/mol. The molecule has 0 saturated carbocycles. The van der Waals surface area contributed by atoms with E-state index in [0.29, 0.717) is 22.1 Å². The number of amides is 2. The van der Waals surface area contributed by atoms with E-state index in [1.165, 1.54) is 6.20 Å². The summed E-state index contributed by atoms with van der Waals surface area (Å²) in [5.41, 5.74) is 0.730. The third-order valence-electron chi connectivity index (χ3n) is 2.96. The number of ether oxygens (including phenoxy) is 1. The van der Waals surface area contributed by atoms with Crippen molar-refractivity contribution in [3.05, 3.63) is 53.2 Å². The molecule has 1 aromatic heterocycles. The number of halogens is 1. The molecule has 126 valence electrons. The predicted octanol–water partition coefficient (Wildman–Crippen LogP) is 3.35. The largest absolute Gasteiger partial charge is 0.369 e. The average molecular weight is 348 g/mol. The van der Waals surface area contributed by atoms with Crippen molar-refractivity contribution in [3.63, 3.8) is 0 Å². The molecular formula is C17H18ClN3O3. The van der Waals surface area contributed by atoms with Gasteiger partial charge in [0.05, 0.1) is 22.4 Å². The van der Waals surface area contributed by atoms with E-state index in [4.69, 9.17) is 16.3 Å². The fourth-order valence-corrected chi connectivity index (χ4v) is 1.96. The van der Waals surface area contributed by atoms with Crippen LogP contribution in [0, 0.1) is 0 Å². The molecule has 0 unspecified atom stereocenters. The van der Waals surface area contributed by atoms with Crippen LogP contribution in [0.2, 0.25) is 5.02 Å². The SMILES string of the molecule is CC(C)OCC(=O)Nc1ccccc1C(=O)Nc1ccc(Cl)cn1. The van der Waals surface area contributed by atoms with Crippen molar-refractivity contribution in [2.24, 2.45) is 0 Å². The van der Waals surface area contributed by atoms with Crippen molar-refractivity contribution >= 4 is 34.9 Å². The lowest BCUT2D eigenvalue weighted by atomic mass is 10.1. The first-order valence-electron chi connectivity index (χ1n) is 7.39. The molecule has 2 amide bonds. The Kier molecular flexibility index (Phi) is 6.28. The first-order valence-corrected chi connectivity index (χ1v) is 7.77. The maximum absolute atomic E-state index is 12.4. The lowest BCUT2D eigenvalue weighted by Gasteiger charge is -2.12. The Morgan fingerprint density at radius 2 is 1.92 bits per heavy atom. The van der Waals surface area contributed by atoms with Crippen LogP contribution in [-0.4, -0.2) is 29.5 Å². The second-order valence-electron chi connectivity index (χ2n) is 5.27. The number of hydrogen-bond acceptors (Lipinski definition) is 4. The van der Waals surface area contributed by atoms with Gasteiger partial charge in [0.1, 0.15) is 12.4 Å². The quantitative estimate of drug-likeness (QED) is 0.839. The zero-order valence-electron chi connectivity index (χ0n) is 13.4. The van der Waals surface area contributed by atoms with Crippen LogP contribution in [0.25, 0.3) is 0 Å². The molecule has 0 aliphatic rings. The molecule has 7 heteroatoms. The number of carbonyl (C=O) groups is 2. The molecule has 0 aliphatic carbocycles. The molecule has 1 heterocycles. The molecule has 6 nitrogen and oxygen atoms in total. The Labute approximate surface area is 145 Å². The van der Waals surface area contributed by atoms with E-state index in [9.17, 15) is 9.59 Å². The van der Waals surface area contributed by atoms with Gasteiger partial charge in [0.2, 0.25) is 5.91 Å². The van der Waals surface area contributed by atoms with Crippen molar-refractivity contribution in [2.45, 2.75) is 20.0 Å². The van der Waals surface area contributed by atoms with Crippen molar-refractivity contribution in [3.8, 4) is 0 Å². The lowest BCUT2D eigenvalue weighted by molar-refractivity contribution is -0.121. The van der Waals surface area contributed by atoms with Crippen LogP contribution in [0.4, 0.5) is 11.5 Å². The van der Waals surface area contributed by atoms with Crippen molar-refractivity contribution in [1.82, 2.24) is 4.98 Å². The zero-order valence-corrected chi connectivity index (χ0v) is 14.1. The minimum Gasteiger partial charge on any atom is -0.369 e. The summed E-state index contributed by atoms with van der Waals surface area (Å²) in [5, 5.41) is 5.81. The number of hydrogen-bond donors (Lipinski definition) is 2. The second-order valence-corrected chi connectivity index (χ2v) is 5.71. The van der Waals surface area contributed by atoms with E-state index < -0.39 is 0 Å². The summed E-state index contributed by atoms with van der Waals surface area (Å²) < 4.78 is 5.25. The Balaban J connectivity index is 2.08. The summed E-state index contributed by atoms with van der Waals surface area (Å²) in [4.78, 5) is 28.3. The van der Waals surface area contributed by atoms with Crippen LogP contribution in [0.5, 0.6) is 0 Å². The summed E-state index contributed by atoms with van der Waals surface area (Å²) in [6.07, 6.45) is 1.39. The molecule has 0 bridgehead atoms. The molecule has 0 fully saturated rings. The smallest absolute Gasteiger partial charge is 0.258 e. The van der Waals surface area contributed by atoms with Gasteiger partial charge in [-0.3, -0.25) is 9.59 Å². The summed E-state index contributed by atoms with van der Waals surface area (Å²) >= 11 is 5.77. The highest BCUT2D eigenvalue weighted by atomic mass is 35.5. The lowest BCUT2D eigenvalue weighted by Crippen LogP contribution is -2.23.